The van der Waals surface area contributed by atoms with E-state index in [4.69, 9.17) is 4.74 Å². The molecule has 0 atom stereocenters. The van der Waals surface area contributed by atoms with Crippen molar-refractivity contribution in [3.63, 3.8) is 0 Å². The predicted molar refractivity (Wildman–Crippen MR) is 79.4 cm³/mol. The zero-order valence-corrected chi connectivity index (χ0v) is 12.9. The van der Waals surface area contributed by atoms with Gasteiger partial charge < -0.3 is 19.6 Å². The molecule has 1 aromatic rings. The van der Waals surface area contributed by atoms with E-state index < -0.39 is 17.2 Å². The molecule has 0 saturated carbocycles. The van der Waals surface area contributed by atoms with Gasteiger partial charge in [-0.2, -0.15) is 0 Å². The van der Waals surface area contributed by atoms with Crippen LogP contribution in [0.3, 0.4) is 0 Å². The molecule has 3 rings (SSSR count). The summed E-state index contributed by atoms with van der Waals surface area (Å²) in [7, 11) is 1.70. The fourth-order valence-electron chi connectivity index (χ4n) is 3.16. The smallest absolute Gasteiger partial charge is 0.410 e. The van der Waals surface area contributed by atoms with Crippen molar-refractivity contribution in [2.24, 2.45) is 0 Å². The van der Waals surface area contributed by atoms with Crippen molar-refractivity contribution in [2.45, 2.75) is 24.9 Å². The maximum absolute atomic E-state index is 13.3. The first-order chi connectivity index (χ1) is 10.9. The largest absolute Gasteiger partial charge is 0.505 e. The van der Waals surface area contributed by atoms with Gasteiger partial charge in [-0.05, 0) is 17.7 Å². The number of phenolic OH excluding ortho intramolecular Hbond substituents is 1. The van der Waals surface area contributed by atoms with Crippen molar-refractivity contribution in [3.8, 4) is 5.75 Å². The molecule has 0 radical (unpaired) electrons. The highest BCUT2D eigenvalue weighted by atomic mass is 19.1. The average molecular weight is 322 g/mol. The molecule has 124 valence electrons. The van der Waals surface area contributed by atoms with Crippen molar-refractivity contribution in [2.75, 3.05) is 26.7 Å². The molecule has 6 nitrogen and oxygen atoms in total. The molecule has 1 spiro atoms. The standard InChI is InChI=1S/C16H19FN2O4/c1-18-10-16(23-15(18)22)4-6-19(7-5-16)14(21)9-11-2-3-13(20)12(17)8-11/h2-3,8,20H,4-7,9-10H2,1H3. The van der Waals surface area contributed by atoms with Crippen molar-refractivity contribution in [1.82, 2.24) is 9.80 Å². The van der Waals surface area contributed by atoms with Gasteiger partial charge in [0, 0.05) is 33.0 Å². The van der Waals surface area contributed by atoms with Crippen molar-refractivity contribution in [3.05, 3.63) is 29.6 Å². The summed E-state index contributed by atoms with van der Waals surface area (Å²) in [6, 6.07) is 3.96. The molecule has 2 saturated heterocycles. The Morgan fingerprint density at radius 3 is 2.65 bits per heavy atom. The van der Waals surface area contributed by atoms with Crippen LogP contribution in [0, 0.1) is 5.82 Å². The lowest BCUT2D eigenvalue weighted by molar-refractivity contribution is -0.133. The minimum absolute atomic E-state index is 0.0872. The zero-order chi connectivity index (χ0) is 16.6. The SMILES string of the molecule is CN1CC2(CCN(C(=O)Cc3ccc(O)c(F)c3)CC2)OC1=O. The number of aromatic hydroxyl groups is 1. The first-order valence-electron chi connectivity index (χ1n) is 7.58. The molecule has 2 aliphatic heterocycles. The first kappa shape index (κ1) is 15.6. The van der Waals surface area contributed by atoms with Crippen LogP contribution >= 0.6 is 0 Å². The van der Waals surface area contributed by atoms with Gasteiger partial charge in [0.05, 0.1) is 13.0 Å². The van der Waals surface area contributed by atoms with E-state index in [1.807, 2.05) is 0 Å². The number of nitrogens with zero attached hydrogens (tertiary/aromatic N) is 2. The summed E-state index contributed by atoms with van der Waals surface area (Å²) in [6.45, 7) is 1.58. The van der Waals surface area contributed by atoms with Gasteiger partial charge in [-0.25, -0.2) is 9.18 Å². The van der Waals surface area contributed by atoms with Gasteiger partial charge in [0.1, 0.15) is 5.60 Å². The third kappa shape index (κ3) is 3.09. The zero-order valence-electron chi connectivity index (χ0n) is 12.9. The number of carbonyl (C=O) groups excluding carboxylic acids is 2. The third-order valence-corrected chi connectivity index (χ3v) is 4.54. The Balaban J connectivity index is 1.58. The van der Waals surface area contributed by atoms with E-state index in [2.05, 4.69) is 0 Å². The van der Waals surface area contributed by atoms with Gasteiger partial charge >= 0.3 is 6.09 Å². The number of carbonyl (C=O) groups is 2. The number of hydrogen-bond acceptors (Lipinski definition) is 4. The summed E-state index contributed by atoms with van der Waals surface area (Å²) >= 11 is 0. The van der Waals surface area contributed by atoms with E-state index in [0.29, 0.717) is 38.0 Å². The molecule has 1 N–H and O–H groups in total. The second-order valence-electron chi connectivity index (χ2n) is 6.25. The normalized spacial score (nSPS) is 20.0. The number of rotatable bonds is 2. The second-order valence-corrected chi connectivity index (χ2v) is 6.25. The first-order valence-corrected chi connectivity index (χ1v) is 7.58. The topological polar surface area (TPSA) is 70.1 Å². The number of amides is 2. The van der Waals surface area contributed by atoms with Crippen LogP contribution in [0.5, 0.6) is 5.75 Å². The van der Waals surface area contributed by atoms with Gasteiger partial charge in [0.15, 0.2) is 11.6 Å². The van der Waals surface area contributed by atoms with Crippen LogP contribution in [0.25, 0.3) is 0 Å². The Kier molecular flexibility index (Phi) is 3.87. The van der Waals surface area contributed by atoms with Crippen molar-refractivity contribution < 1.29 is 23.8 Å². The van der Waals surface area contributed by atoms with Crippen LogP contribution < -0.4 is 0 Å². The van der Waals surface area contributed by atoms with Crippen LogP contribution in [0.1, 0.15) is 18.4 Å². The van der Waals surface area contributed by atoms with Crippen LogP contribution in [0.4, 0.5) is 9.18 Å². The second kappa shape index (κ2) is 5.72. The molecule has 7 heteroatoms. The van der Waals surface area contributed by atoms with Gasteiger partial charge in [-0.3, -0.25) is 4.79 Å². The molecule has 0 unspecified atom stereocenters. The molecular formula is C16H19FN2O4. The molecule has 0 bridgehead atoms. The summed E-state index contributed by atoms with van der Waals surface area (Å²) in [5.74, 6) is -1.25. The monoisotopic (exact) mass is 322 g/mol. The maximum atomic E-state index is 13.3. The molecule has 0 aromatic heterocycles. The molecule has 0 aliphatic carbocycles. The van der Waals surface area contributed by atoms with E-state index in [0.717, 1.165) is 0 Å². The van der Waals surface area contributed by atoms with E-state index in [-0.39, 0.29) is 18.4 Å². The van der Waals surface area contributed by atoms with Crippen LogP contribution in [-0.4, -0.2) is 59.2 Å². The van der Waals surface area contributed by atoms with Gasteiger partial charge in [-0.15, -0.1) is 0 Å². The minimum atomic E-state index is -0.728. The summed E-state index contributed by atoms with van der Waals surface area (Å²) in [6.07, 6.45) is 0.992. The molecular weight excluding hydrogens is 303 g/mol. The lowest BCUT2D eigenvalue weighted by Gasteiger charge is -2.37. The molecule has 23 heavy (non-hydrogen) atoms. The van der Waals surface area contributed by atoms with Crippen molar-refractivity contribution in [1.29, 1.82) is 0 Å². The Morgan fingerprint density at radius 2 is 2.09 bits per heavy atom. The van der Waals surface area contributed by atoms with Crippen LogP contribution in [0.15, 0.2) is 18.2 Å². The lowest BCUT2D eigenvalue weighted by Crippen LogP contribution is -2.48. The average Bonchev–Trinajstić information content (AvgIpc) is 2.78. The summed E-state index contributed by atoms with van der Waals surface area (Å²) in [5, 5.41) is 9.17. The minimum Gasteiger partial charge on any atom is -0.505 e. The predicted octanol–water partition coefficient (Wildman–Crippen LogP) is 1.52. The fourth-order valence-corrected chi connectivity index (χ4v) is 3.16. The molecule has 2 amide bonds. The Labute approximate surface area is 133 Å². The number of hydrogen-bond donors (Lipinski definition) is 1. The Bertz CT molecular complexity index is 641. The fraction of sp³-hybridized carbons (Fsp3) is 0.500. The third-order valence-electron chi connectivity index (χ3n) is 4.54. The Hall–Kier alpha value is -2.31. The number of piperidine rings is 1. The number of likely N-dealkylation sites (tertiary alicyclic amines) is 1. The molecule has 2 fully saturated rings. The number of likely N-dealkylation sites (N-methyl/N-ethyl adjacent to an activating group) is 1. The van der Waals surface area contributed by atoms with Gasteiger partial charge in [0.25, 0.3) is 0 Å². The maximum Gasteiger partial charge on any atom is 0.410 e. The van der Waals surface area contributed by atoms with E-state index in [1.54, 1.807) is 16.8 Å². The van der Waals surface area contributed by atoms with E-state index >= 15 is 0 Å². The number of phenols is 1. The van der Waals surface area contributed by atoms with Crippen molar-refractivity contribution >= 4 is 12.0 Å². The van der Waals surface area contributed by atoms with E-state index in [9.17, 15) is 19.1 Å². The lowest BCUT2D eigenvalue weighted by atomic mass is 9.91. The van der Waals surface area contributed by atoms with E-state index in [1.165, 1.54) is 18.2 Å². The summed E-state index contributed by atoms with van der Waals surface area (Å²) in [5.41, 5.74) is 0.0467. The molecule has 2 aliphatic rings. The van der Waals surface area contributed by atoms with Gasteiger partial charge in [-0.1, -0.05) is 6.07 Å². The number of benzene rings is 1. The quantitative estimate of drug-likeness (QED) is 0.896. The molecule has 1 aromatic carbocycles. The Morgan fingerprint density at radius 1 is 1.39 bits per heavy atom. The highest BCUT2D eigenvalue weighted by Gasteiger charge is 2.46. The summed E-state index contributed by atoms with van der Waals surface area (Å²) < 4.78 is 18.8. The number of ether oxygens (including phenoxy) is 1. The number of halogens is 1. The highest BCUT2D eigenvalue weighted by Crippen LogP contribution is 2.32. The summed E-state index contributed by atoms with van der Waals surface area (Å²) in [4.78, 5) is 27.1. The van der Waals surface area contributed by atoms with Gasteiger partial charge in [0.2, 0.25) is 5.91 Å². The van der Waals surface area contributed by atoms with Crippen LogP contribution in [0.2, 0.25) is 0 Å². The highest BCUT2D eigenvalue weighted by molar-refractivity contribution is 5.79. The van der Waals surface area contributed by atoms with Crippen LogP contribution in [-0.2, 0) is 16.0 Å². The molecule has 2 heterocycles.